The summed E-state index contributed by atoms with van der Waals surface area (Å²) >= 11 is 0. The number of nitrogens with one attached hydrogen (secondary N) is 2. The van der Waals surface area contributed by atoms with E-state index in [2.05, 4.69) is 30.5 Å². The summed E-state index contributed by atoms with van der Waals surface area (Å²) in [6.45, 7) is 8.82. The third-order valence-corrected chi connectivity index (χ3v) is 4.48. The highest BCUT2D eigenvalue weighted by molar-refractivity contribution is 5.79. The molecule has 7 nitrogen and oxygen atoms in total. The smallest absolute Gasteiger partial charge is 0.203 e. The fraction of sp³-hybridized carbons (Fsp3) is 0.458. The van der Waals surface area contributed by atoms with Crippen LogP contribution in [0, 0.1) is 5.92 Å². The van der Waals surface area contributed by atoms with E-state index in [1.54, 1.807) is 21.3 Å². The molecule has 0 aliphatic heterocycles. The van der Waals surface area contributed by atoms with Gasteiger partial charge in [-0.25, -0.2) is 4.99 Å². The molecule has 0 aliphatic carbocycles. The van der Waals surface area contributed by atoms with Gasteiger partial charge < -0.3 is 29.6 Å². The van der Waals surface area contributed by atoms with Crippen LogP contribution in [0.1, 0.15) is 31.9 Å². The normalized spacial score (nSPS) is 11.3. The molecule has 0 amide bonds. The molecule has 0 radical (unpaired) electrons. The van der Waals surface area contributed by atoms with E-state index in [0.29, 0.717) is 42.9 Å². The van der Waals surface area contributed by atoms with Crippen LogP contribution < -0.4 is 29.6 Å². The van der Waals surface area contributed by atoms with E-state index in [1.165, 1.54) is 0 Å². The second kappa shape index (κ2) is 12.6. The van der Waals surface area contributed by atoms with Crippen molar-refractivity contribution in [1.82, 2.24) is 10.6 Å². The molecule has 2 N–H and O–H groups in total. The number of ether oxygens (including phenoxy) is 4. The number of aliphatic imine (C=N–C) groups is 1. The molecular formula is C24H35N3O4. The van der Waals surface area contributed by atoms with Gasteiger partial charge in [0.25, 0.3) is 0 Å². The average molecular weight is 430 g/mol. The van der Waals surface area contributed by atoms with Gasteiger partial charge in [0.2, 0.25) is 5.75 Å². The molecule has 0 saturated heterocycles. The van der Waals surface area contributed by atoms with E-state index >= 15 is 0 Å². The minimum atomic E-state index is 0.456. The van der Waals surface area contributed by atoms with Gasteiger partial charge in [-0.1, -0.05) is 32.0 Å². The van der Waals surface area contributed by atoms with Gasteiger partial charge in [-0.3, -0.25) is 0 Å². The Morgan fingerprint density at radius 1 is 0.935 bits per heavy atom. The van der Waals surface area contributed by atoms with E-state index in [4.69, 9.17) is 23.9 Å². The van der Waals surface area contributed by atoms with E-state index in [-0.39, 0.29) is 0 Å². The summed E-state index contributed by atoms with van der Waals surface area (Å²) in [7, 11) is 4.80. The molecule has 0 heterocycles. The Bertz CT molecular complexity index is 827. The summed E-state index contributed by atoms with van der Waals surface area (Å²) in [6.07, 6.45) is 0. The van der Waals surface area contributed by atoms with Crippen LogP contribution in [0.2, 0.25) is 0 Å². The van der Waals surface area contributed by atoms with Crippen LogP contribution in [0.4, 0.5) is 0 Å². The van der Waals surface area contributed by atoms with Gasteiger partial charge in [0.05, 0.1) is 34.5 Å². The average Bonchev–Trinajstić information content (AvgIpc) is 2.79. The van der Waals surface area contributed by atoms with Crippen molar-refractivity contribution < 1.29 is 18.9 Å². The molecule has 0 unspecified atom stereocenters. The highest BCUT2D eigenvalue weighted by atomic mass is 16.5. The van der Waals surface area contributed by atoms with Gasteiger partial charge >= 0.3 is 0 Å². The maximum absolute atomic E-state index is 5.95. The number of benzene rings is 2. The van der Waals surface area contributed by atoms with Gasteiger partial charge in [0.1, 0.15) is 5.75 Å². The number of hydrogen-bond donors (Lipinski definition) is 2. The Balaban J connectivity index is 2.13. The summed E-state index contributed by atoms with van der Waals surface area (Å²) in [5, 5.41) is 6.67. The van der Waals surface area contributed by atoms with Gasteiger partial charge in [-0.2, -0.15) is 0 Å². The first-order chi connectivity index (χ1) is 15.0. The van der Waals surface area contributed by atoms with Crippen LogP contribution in [0.5, 0.6) is 23.0 Å². The Kier molecular flexibility index (Phi) is 9.81. The third-order valence-electron chi connectivity index (χ3n) is 4.48. The molecule has 2 aromatic carbocycles. The molecule has 2 aromatic rings. The predicted octanol–water partition coefficient (Wildman–Crippen LogP) is 4.00. The zero-order valence-electron chi connectivity index (χ0n) is 19.5. The Labute approximate surface area is 185 Å². The van der Waals surface area contributed by atoms with Crippen molar-refractivity contribution in [2.24, 2.45) is 10.9 Å². The largest absolute Gasteiger partial charge is 0.493 e. The Morgan fingerprint density at radius 3 is 2.19 bits per heavy atom. The standard InChI is InChI=1S/C24H35N3O4/c1-7-25-24(27-15-19-10-8-9-11-20(19)31-16-17(2)3)26-14-18-12-21(28-4)23(30-6)22(13-18)29-5/h8-13,17H,7,14-16H2,1-6H3,(H2,25,26,27). The quantitative estimate of drug-likeness (QED) is 0.415. The van der Waals surface area contributed by atoms with E-state index in [1.807, 2.05) is 37.3 Å². The van der Waals surface area contributed by atoms with Crippen LogP contribution in [0.3, 0.4) is 0 Å². The zero-order chi connectivity index (χ0) is 22.6. The molecule has 7 heteroatoms. The molecule has 2 rings (SSSR count). The molecule has 0 aromatic heterocycles. The van der Waals surface area contributed by atoms with Crippen LogP contribution in [-0.4, -0.2) is 40.4 Å². The molecule has 0 saturated carbocycles. The summed E-state index contributed by atoms with van der Waals surface area (Å²) < 4.78 is 22.2. The van der Waals surface area contributed by atoms with E-state index < -0.39 is 0 Å². The lowest BCUT2D eigenvalue weighted by Crippen LogP contribution is -2.36. The first-order valence-electron chi connectivity index (χ1n) is 10.5. The molecule has 170 valence electrons. The lowest BCUT2D eigenvalue weighted by Gasteiger charge is -2.16. The van der Waals surface area contributed by atoms with Crippen molar-refractivity contribution >= 4 is 5.96 Å². The van der Waals surface area contributed by atoms with Crippen LogP contribution >= 0.6 is 0 Å². The lowest BCUT2D eigenvalue weighted by molar-refractivity contribution is 0.268. The highest BCUT2D eigenvalue weighted by Gasteiger charge is 2.13. The molecule has 0 atom stereocenters. The minimum Gasteiger partial charge on any atom is -0.493 e. The fourth-order valence-corrected chi connectivity index (χ4v) is 2.96. The van der Waals surface area contributed by atoms with Crippen LogP contribution in [0.15, 0.2) is 41.4 Å². The molecule has 0 aliphatic rings. The lowest BCUT2D eigenvalue weighted by atomic mass is 10.2. The first-order valence-corrected chi connectivity index (χ1v) is 10.5. The maximum Gasteiger partial charge on any atom is 0.203 e. The second-order valence-corrected chi connectivity index (χ2v) is 7.39. The van der Waals surface area contributed by atoms with Crippen molar-refractivity contribution in [3.63, 3.8) is 0 Å². The van der Waals surface area contributed by atoms with Crippen molar-refractivity contribution in [3.05, 3.63) is 47.5 Å². The summed E-state index contributed by atoms with van der Waals surface area (Å²) in [6, 6.07) is 11.9. The molecule has 0 spiro atoms. The first kappa shape index (κ1) is 24.2. The SMILES string of the molecule is CCNC(=NCc1cc(OC)c(OC)c(OC)c1)NCc1ccccc1OCC(C)C. The predicted molar refractivity (Wildman–Crippen MR) is 125 cm³/mol. The molecular weight excluding hydrogens is 394 g/mol. The summed E-state index contributed by atoms with van der Waals surface area (Å²) in [4.78, 5) is 4.71. The van der Waals surface area contributed by atoms with Crippen molar-refractivity contribution in [3.8, 4) is 23.0 Å². The Hall–Kier alpha value is -3.09. The minimum absolute atomic E-state index is 0.456. The number of nitrogens with zero attached hydrogens (tertiary/aromatic N) is 1. The fourth-order valence-electron chi connectivity index (χ4n) is 2.96. The molecule has 31 heavy (non-hydrogen) atoms. The van der Waals surface area contributed by atoms with Crippen molar-refractivity contribution in [1.29, 1.82) is 0 Å². The van der Waals surface area contributed by atoms with Crippen LogP contribution in [-0.2, 0) is 13.1 Å². The number of para-hydroxylation sites is 1. The van der Waals surface area contributed by atoms with Gasteiger partial charge in [-0.15, -0.1) is 0 Å². The van der Waals surface area contributed by atoms with E-state index in [9.17, 15) is 0 Å². The number of guanidine groups is 1. The topological polar surface area (TPSA) is 73.3 Å². The number of methoxy groups -OCH3 is 3. The Morgan fingerprint density at radius 2 is 1.61 bits per heavy atom. The third kappa shape index (κ3) is 7.27. The van der Waals surface area contributed by atoms with Gasteiger partial charge in [0, 0.05) is 18.7 Å². The highest BCUT2D eigenvalue weighted by Crippen LogP contribution is 2.38. The monoisotopic (exact) mass is 429 g/mol. The molecule has 0 fully saturated rings. The number of hydrogen-bond acceptors (Lipinski definition) is 5. The summed E-state index contributed by atoms with van der Waals surface area (Å²) in [5.41, 5.74) is 2.04. The summed E-state index contributed by atoms with van der Waals surface area (Å²) in [5.74, 6) is 3.88. The second-order valence-electron chi connectivity index (χ2n) is 7.39. The zero-order valence-corrected chi connectivity index (χ0v) is 19.5. The molecule has 0 bridgehead atoms. The van der Waals surface area contributed by atoms with E-state index in [0.717, 1.165) is 29.4 Å². The van der Waals surface area contributed by atoms with Gasteiger partial charge in [-0.05, 0) is 36.6 Å². The maximum atomic E-state index is 5.95. The van der Waals surface area contributed by atoms with Crippen molar-refractivity contribution in [2.75, 3.05) is 34.5 Å². The van der Waals surface area contributed by atoms with Gasteiger partial charge in [0.15, 0.2) is 17.5 Å². The van der Waals surface area contributed by atoms with Crippen molar-refractivity contribution in [2.45, 2.75) is 33.9 Å². The number of rotatable bonds is 11. The van der Waals surface area contributed by atoms with Crippen LogP contribution in [0.25, 0.3) is 0 Å².